The van der Waals surface area contributed by atoms with E-state index in [0.29, 0.717) is 29.5 Å². The van der Waals surface area contributed by atoms with Gasteiger partial charge in [-0.25, -0.2) is 4.98 Å². The second-order valence-corrected chi connectivity index (χ2v) is 7.90. The number of benzene rings is 1. The van der Waals surface area contributed by atoms with Crippen LogP contribution in [0.2, 0.25) is 0 Å². The van der Waals surface area contributed by atoms with Gasteiger partial charge in [0.2, 0.25) is 0 Å². The van der Waals surface area contributed by atoms with Crippen molar-refractivity contribution in [1.82, 2.24) is 19.6 Å². The number of imidazole rings is 1. The molecule has 1 fully saturated rings. The summed E-state index contributed by atoms with van der Waals surface area (Å²) < 4.78 is 1.81. The molecular formula is C23H28N4O2. The third kappa shape index (κ3) is 4.04. The van der Waals surface area contributed by atoms with Crippen molar-refractivity contribution < 1.29 is 9.90 Å². The molecule has 1 aliphatic heterocycles. The molecule has 4 rings (SSSR count). The molecule has 1 unspecified atom stereocenters. The van der Waals surface area contributed by atoms with Crippen LogP contribution in [0.1, 0.15) is 40.9 Å². The molecule has 152 valence electrons. The van der Waals surface area contributed by atoms with Crippen LogP contribution in [-0.2, 0) is 6.61 Å². The van der Waals surface area contributed by atoms with E-state index in [2.05, 4.69) is 22.2 Å². The van der Waals surface area contributed by atoms with Crippen molar-refractivity contribution >= 4 is 11.6 Å². The first-order chi connectivity index (χ1) is 14.1. The van der Waals surface area contributed by atoms with Crippen LogP contribution in [0.25, 0.3) is 16.9 Å². The largest absolute Gasteiger partial charge is 0.390 e. The number of aromatic nitrogens is 2. The van der Waals surface area contributed by atoms with Gasteiger partial charge in [-0.3, -0.25) is 4.79 Å². The van der Waals surface area contributed by atoms with Crippen molar-refractivity contribution in [3.8, 4) is 11.3 Å². The predicted molar refractivity (Wildman–Crippen MR) is 114 cm³/mol. The van der Waals surface area contributed by atoms with Gasteiger partial charge in [-0.05, 0) is 51.9 Å². The number of hydrogen-bond acceptors (Lipinski definition) is 4. The normalized spacial score (nSPS) is 17.1. The first kappa shape index (κ1) is 19.6. The minimum atomic E-state index is -0.149. The van der Waals surface area contributed by atoms with E-state index < -0.39 is 0 Å². The number of aliphatic hydroxyl groups is 1. The molecule has 0 radical (unpaired) electrons. The van der Waals surface area contributed by atoms with Crippen LogP contribution < -0.4 is 5.32 Å². The monoisotopic (exact) mass is 392 g/mol. The van der Waals surface area contributed by atoms with Crippen molar-refractivity contribution in [2.45, 2.75) is 38.8 Å². The predicted octanol–water partition coefficient (Wildman–Crippen LogP) is 3.02. The number of rotatable bonds is 6. The Balaban J connectivity index is 1.53. The van der Waals surface area contributed by atoms with Crippen molar-refractivity contribution in [2.24, 2.45) is 0 Å². The number of carbonyl (C=O) groups is 1. The van der Waals surface area contributed by atoms with E-state index in [0.717, 1.165) is 24.2 Å². The van der Waals surface area contributed by atoms with Crippen LogP contribution >= 0.6 is 0 Å². The van der Waals surface area contributed by atoms with Gasteiger partial charge in [0.05, 0.1) is 23.6 Å². The number of carbonyl (C=O) groups excluding carboxylic acids is 1. The van der Waals surface area contributed by atoms with Crippen molar-refractivity contribution in [3.63, 3.8) is 0 Å². The molecule has 1 saturated heterocycles. The molecule has 1 atom stereocenters. The number of likely N-dealkylation sites (tertiary alicyclic amines) is 1. The maximum atomic E-state index is 12.6. The molecule has 1 aromatic carbocycles. The summed E-state index contributed by atoms with van der Waals surface area (Å²) in [4.78, 5) is 19.7. The fourth-order valence-corrected chi connectivity index (χ4v) is 4.12. The van der Waals surface area contributed by atoms with Crippen molar-refractivity contribution in [3.05, 3.63) is 59.4 Å². The highest BCUT2D eigenvalue weighted by Gasteiger charge is 2.20. The Hall–Kier alpha value is -2.70. The standard InChI is InChI=1S/C23H28N4O2/c1-16-5-7-17(8-6-16)22-20(15-28)27-14-18(9-10-21(27)25-22)23(29)24-12-11-19-4-3-13-26(19)2/h5-10,14,19,28H,3-4,11-13,15H2,1-2H3,(H,24,29). The van der Waals surface area contributed by atoms with Gasteiger partial charge in [0, 0.05) is 24.3 Å². The highest BCUT2D eigenvalue weighted by atomic mass is 16.3. The third-order valence-corrected chi connectivity index (χ3v) is 5.89. The molecule has 2 N–H and O–H groups in total. The molecule has 3 aromatic rings. The van der Waals surface area contributed by atoms with Gasteiger partial charge in [0.15, 0.2) is 0 Å². The summed E-state index contributed by atoms with van der Waals surface area (Å²) in [6.45, 7) is 3.69. The van der Waals surface area contributed by atoms with Gasteiger partial charge >= 0.3 is 0 Å². The quantitative estimate of drug-likeness (QED) is 0.677. The summed E-state index contributed by atoms with van der Waals surface area (Å²) >= 11 is 0. The van der Waals surface area contributed by atoms with Crippen LogP contribution in [0.15, 0.2) is 42.6 Å². The van der Waals surface area contributed by atoms with E-state index in [1.165, 1.54) is 18.4 Å². The van der Waals surface area contributed by atoms with E-state index in [4.69, 9.17) is 0 Å². The summed E-state index contributed by atoms with van der Waals surface area (Å²) in [5, 5.41) is 13.0. The molecule has 6 nitrogen and oxygen atoms in total. The molecule has 1 amide bonds. The number of hydrogen-bond donors (Lipinski definition) is 2. The molecular weight excluding hydrogens is 364 g/mol. The van der Waals surface area contributed by atoms with Crippen LogP contribution in [0.4, 0.5) is 0 Å². The maximum Gasteiger partial charge on any atom is 0.252 e. The Morgan fingerprint density at radius 1 is 1.24 bits per heavy atom. The average Bonchev–Trinajstić information content (AvgIpc) is 3.30. The molecule has 6 heteroatoms. The van der Waals surface area contributed by atoms with Crippen molar-refractivity contribution in [1.29, 1.82) is 0 Å². The van der Waals surface area contributed by atoms with Gasteiger partial charge < -0.3 is 19.7 Å². The van der Waals surface area contributed by atoms with Gasteiger partial charge in [0.1, 0.15) is 5.65 Å². The van der Waals surface area contributed by atoms with E-state index in [1.54, 1.807) is 12.3 Å². The SMILES string of the molecule is Cc1ccc(-c2nc3ccc(C(=O)NCCC4CCCN4C)cn3c2CO)cc1. The fourth-order valence-electron chi connectivity index (χ4n) is 4.12. The van der Waals surface area contributed by atoms with E-state index >= 15 is 0 Å². The average molecular weight is 393 g/mol. The van der Waals surface area contributed by atoms with Gasteiger partial charge in [0.25, 0.3) is 5.91 Å². The molecule has 29 heavy (non-hydrogen) atoms. The number of nitrogens with zero attached hydrogens (tertiary/aromatic N) is 3. The van der Waals surface area contributed by atoms with E-state index in [-0.39, 0.29) is 12.5 Å². The van der Waals surface area contributed by atoms with Gasteiger partial charge in [-0.1, -0.05) is 29.8 Å². The van der Waals surface area contributed by atoms with E-state index in [1.807, 2.05) is 41.7 Å². The first-order valence-electron chi connectivity index (χ1n) is 10.2. The van der Waals surface area contributed by atoms with Crippen molar-refractivity contribution in [2.75, 3.05) is 20.1 Å². The summed E-state index contributed by atoms with van der Waals surface area (Å²) in [5.74, 6) is -0.0953. The Labute approximate surface area is 171 Å². The fraction of sp³-hybridized carbons (Fsp3) is 0.391. The lowest BCUT2D eigenvalue weighted by atomic mass is 10.1. The number of aryl methyl sites for hydroxylation is 1. The minimum absolute atomic E-state index is 0.0953. The highest BCUT2D eigenvalue weighted by Crippen LogP contribution is 2.25. The van der Waals surface area contributed by atoms with Crippen LogP contribution in [0, 0.1) is 6.92 Å². The number of amides is 1. The first-order valence-corrected chi connectivity index (χ1v) is 10.2. The van der Waals surface area contributed by atoms with Gasteiger partial charge in [-0.15, -0.1) is 0 Å². The minimum Gasteiger partial charge on any atom is -0.390 e. The second kappa shape index (κ2) is 8.35. The lowest BCUT2D eigenvalue weighted by Crippen LogP contribution is -2.31. The Kier molecular flexibility index (Phi) is 5.65. The van der Waals surface area contributed by atoms with E-state index in [9.17, 15) is 9.90 Å². The maximum absolute atomic E-state index is 12.6. The number of nitrogens with one attached hydrogen (secondary N) is 1. The lowest BCUT2D eigenvalue weighted by molar-refractivity contribution is 0.0950. The summed E-state index contributed by atoms with van der Waals surface area (Å²) in [5.41, 5.74) is 4.84. The number of aliphatic hydroxyl groups excluding tert-OH is 1. The summed E-state index contributed by atoms with van der Waals surface area (Å²) in [6.07, 6.45) is 5.17. The molecule has 0 aliphatic carbocycles. The smallest absolute Gasteiger partial charge is 0.252 e. The third-order valence-electron chi connectivity index (χ3n) is 5.89. The van der Waals surface area contributed by atoms with Gasteiger partial charge in [-0.2, -0.15) is 0 Å². The Bertz CT molecular complexity index is 1010. The topological polar surface area (TPSA) is 69.9 Å². The Morgan fingerprint density at radius 3 is 2.72 bits per heavy atom. The molecule has 0 saturated carbocycles. The molecule has 1 aliphatic rings. The lowest BCUT2D eigenvalue weighted by Gasteiger charge is -2.19. The summed E-state index contributed by atoms with van der Waals surface area (Å²) in [6, 6.07) is 12.2. The number of fused-ring (bicyclic) bond motifs is 1. The zero-order valence-electron chi connectivity index (χ0n) is 17.1. The van der Waals surface area contributed by atoms with Crippen LogP contribution in [-0.4, -0.2) is 51.5 Å². The molecule has 0 bridgehead atoms. The molecule has 2 aromatic heterocycles. The molecule has 0 spiro atoms. The number of pyridine rings is 1. The van der Waals surface area contributed by atoms with Crippen LogP contribution in [0.3, 0.4) is 0 Å². The zero-order valence-corrected chi connectivity index (χ0v) is 17.1. The zero-order chi connectivity index (χ0) is 20.4. The highest BCUT2D eigenvalue weighted by molar-refractivity contribution is 5.94. The summed E-state index contributed by atoms with van der Waals surface area (Å²) in [7, 11) is 2.15. The molecule has 3 heterocycles. The Morgan fingerprint density at radius 2 is 2.03 bits per heavy atom. The van der Waals surface area contributed by atoms with Crippen LogP contribution in [0.5, 0.6) is 0 Å². The second-order valence-electron chi connectivity index (χ2n) is 7.90.